The summed E-state index contributed by atoms with van der Waals surface area (Å²) >= 11 is 0. The molecule has 3 N–H and O–H groups in total. The predicted molar refractivity (Wildman–Crippen MR) is 97.1 cm³/mol. The molecule has 2 heterocycles. The van der Waals surface area contributed by atoms with Gasteiger partial charge in [-0.1, -0.05) is 54.6 Å². The van der Waals surface area contributed by atoms with Crippen molar-refractivity contribution in [2.24, 2.45) is 0 Å². The number of nitrogens with one attached hydrogen (secondary N) is 1. The molecule has 0 radical (unpaired) electrons. The lowest BCUT2D eigenvalue weighted by Gasteiger charge is -2.08. The molecule has 0 aliphatic rings. The fraction of sp³-hybridized carbons (Fsp3) is 0. The Bertz CT molecular complexity index is 974. The minimum Gasteiger partial charge on any atom is -0.368 e. The SMILES string of the molecule is Nc1nccc(-c2ccc(-c3ccccc3-c3ccccc3)[nH]2)n1. The molecule has 0 spiro atoms. The van der Waals surface area contributed by atoms with Crippen molar-refractivity contribution in [2.45, 2.75) is 0 Å². The minimum atomic E-state index is 0.272. The zero-order valence-electron chi connectivity index (χ0n) is 13.0. The number of hydrogen-bond donors (Lipinski definition) is 2. The van der Waals surface area contributed by atoms with E-state index in [1.165, 1.54) is 11.1 Å². The Morgan fingerprint density at radius 1 is 0.708 bits per heavy atom. The number of nitrogens with two attached hydrogens (primary N) is 1. The van der Waals surface area contributed by atoms with Gasteiger partial charge in [0.15, 0.2) is 0 Å². The number of hydrogen-bond acceptors (Lipinski definition) is 3. The molecule has 0 unspecified atom stereocenters. The molecule has 2 aromatic heterocycles. The first-order valence-electron chi connectivity index (χ1n) is 7.74. The fourth-order valence-electron chi connectivity index (χ4n) is 2.81. The molecule has 0 saturated carbocycles. The van der Waals surface area contributed by atoms with Crippen molar-refractivity contribution < 1.29 is 0 Å². The maximum Gasteiger partial charge on any atom is 0.220 e. The summed E-state index contributed by atoms with van der Waals surface area (Å²) in [6.07, 6.45) is 1.66. The van der Waals surface area contributed by atoms with Crippen LogP contribution in [0.1, 0.15) is 0 Å². The van der Waals surface area contributed by atoms with Crippen molar-refractivity contribution in [1.29, 1.82) is 0 Å². The van der Waals surface area contributed by atoms with Crippen LogP contribution in [0.15, 0.2) is 79.0 Å². The normalized spacial score (nSPS) is 10.7. The smallest absolute Gasteiger partial charge is 0.220 e. The van der Waals surface area contributed by atoms with Gasteiger partial charge in [-0.3, -0.25) is 0 Å². The van der Waals surface area contributed by atoms with Gasteiger partial charge in [-0.05, 0) is 29.3 Å². The second-order valence-electron chi connectivity index (χ2n) is 5.50. The van der Waals surface area contributed by atoms with Gasteiger partial charge in [0.1, 0.15) is 0 Å². The molecule has 24 heavy (non-hydrogen) atoms. The zero-order chi connectivity index (χ0) is 16.4. The van der Waals surface area contributed by atoms with Gasteiger partial charge in [-0.2, -0.15) is 0 Å². The molecule has 0 saturated heterocycles. The van der Waals surface area contributed by atoms with E-state index in [0.717, 1.165) is 22.6 Å². The summed E-state index contributed by atoms with van der Waals surface area (Å²) < 4.78 is 0. The highest BCUT2D eigenvalue weighted by atomic mass is 15.0. The largest absolute Gasteiger partial charge is 0.368 e. The molecule has 0 aliphatic carbocycles. The summed E-state index contributed by atoms with van der Waals surface area (Å²) in [5, 5.41) is 0. The predicted octanol–water partition coefficient (Wildman–Crippen LogP) is 4.39. The third kappa shape index (κ3) is 2.65. The standard InChI is InChI=1S/C20H16N4/c21-20-22-13-12-19(24-20)18-11-10-17(23-18)16-9-5-4-8-15(16)14-6-2-1-3-7-14/h1-13,23H,(H2,21,22,24). The van der Waals surface area contributed by atoms with Crippen molar-refractivity contribution in [3.8, 4) is 33.8 Å². The Hall–Kier alpha value is -3.40. The summed E-state index contributed by atoms with van der Waals surface area (Å²) in [5.74, 6) is 0.272. The van der Waals surface area contributed by atoms with Gasteiger partial charge in [0.05, 0.1) is 11.4 Å². The summed E-state index contributed by atoms with van der Waals surface area (Å²) in [6.45, 7) is 0. The molecule has 4 heteroatoms. The van der Waals surface area contributed by atoms with Gasteiger partial charge < -0.3 is 10.7 Å². The number of anilines is 1. The monoisotopic (exact) mass is 312 g/mol. The second kappa shape index (κ2) is 6.01. The van der Waals surface area contributed by atoms with Crippen LogP contribution in [0.5, 0.6) is 0 Å². The van der Waals surface area contributed by atoms with Crippen molar-refractivity contribution in [3.63, 3.8) is 0 Å². The maximum atomic E-state index is 5.68. The Kier molecular flexibility index (Phi) is 3.56. The van der Waals surface area contributed by atoms with E-state index >= 15 is 0 Å². The van der Waals surface area contributed by atoms with Gasteiger partial charge in [-0.25, -0.2) is 9.97 Å². The Balaban J connectivity index is 1.79. The summed E-state index contributed by atoms with van der Waals surface area (Å²) in [4.78, 5) is 11.6. The van der Waals surface area contributed by atoms with E-state index in [0.29, 0.717) is 0 Å². The lowest BCUT2D eigenvalue weighted by atomic mass is 9.98. The van der Waals surface area contributed by atoms with E-state index in [1.807, 2.05) is 24.3 Å². The topological polar surface area (TPSA) is 67.6 Å². The molecule has 0 fully saturated rings. The average Bonchev–Trinajstić information content (AvgIpc) is 3.12. The Morgan fingerprint density at radius 2 is 1.42 bits per heavy atom. The van der Waals surface area contributed by atoms with Crippen LogP contribution in [-0.2, 0) is 0 Å². The molecule has 0 atom stereocenters. The van der Waals surface area contributed by atoms with Gasteiger partial charge in [0.2, 0.25) is 5.95 Å². The van der Waals surface area contributed by atoms with Gasteiger partial charge in [0.25, 0.3) is 0 Å². The van der Waals surface area contributed by atoms with Crippen LogP contribution < -0.4 is 5.73 Å². The molecule has 2 aromatic carbocycles. The van der Waals surface area contributed by atoms with Gasteiger partial charge in [0, 0.05) is 17.5 Å². The number of H-pyrrole nitrogens is 1. The molecule has 0 bridgehead atoms. The molecule has 0 aliphatic heterocycles. The van der Waals surface area contributed by atoms with E-state index in [1.54, 1.807) is 6.20 Å². The average molecular weight is 312 g/mol. The van der Waals surface area contributed by atoms with Gasteiger partial charge in [-0.15, -0.1) is 0 Å². The quantitative estimate of drug-likeness (QED) is 0.589. The van der Waals surface area contributed by atoms with Crippen molar-refractivity contribution >= 4 is 5.95 Å². The van der Waals surface area contributed by atoms with E-state index in [4.69, 9.17) is 5.73 Å². The maximum absolute atomic E-state index is 5.68. The number of rotatable bonds is 3. The number of aromatic amines is 1. The van der Waals surface area contributed by atoms with Crippen LogP contribution in [0.2, 0.25) is 0 Å². The highest BCUT2D eigenvalue weighted by Crippen LogP contribution is 2.32. The number of benzene rings is 2. The minimum absolute atomic E-state index is 0.272. The number of aromatic nitrogens is 3. The highest BCUT2D eigenvalue weighted by Gasteiger charge is 2.10. The van der Waals surface area contributed by atoms with E-state index in [-0.39, 0.29) is 5.95 Å². The van der Waals surface area contributed by atoms with Crippen LogP contribution in [0.3, 0.4) is 0 Å². The summed E-state index contributed by atoms with van der Waals surface area (Å²) in [6, 6.07) is 24.6. The van der Waals surface area contributed by atoms with Crippen LogP contribution in [-0.4, -0.2) is 15.0 Å². The lowest BCUT2D eigenvalue weighted by Crippen LogP contribution is -1.95. The highest BCUT2D eigenvalue weighted by molar-refractivity contribution is 5.83. The number of nitrogens with zero attached hydrogens (tertiary/aromatic N) is 2. The second-order valence-corrected chi connectivity index (χ2v) is 5.50. The lowest BCUT2D eigenvalue weighted by molar-refractivity contribution is 1.18. The summed E-state index contributed by atoms with van der Waals surface area (Å²) in [7, 11) is 0. The molecule has 4 aromatic rings. The number of nitrogen functional groups attached to an aromatic ring is 1. The van der Waals surface area contributed by atoms with Crippen molar-refractivity contribution in [2.75, 3.05) is 5.73 Å². The first-order valence-corrected chi connectivity index (χ1v) is 7.74. The first-order chi connectivity index (χ1) is 11.8. The Morgan fingerprint density at radius 3 is 2.21 bits per heavy atom. The van der Waals surface area contributed by atoms with Crippen molar-refractivity contribution in [1.82, 2.24) is 15.0 Å². The van der Waals surface area contributed by atoms with Gasteiger partial charge >= 0.3 is 0 Å². The molecule has 4 rings (SSSR count). The van der Waals surface area contributed by atoms with Crippen LogP contribution >= 0.6 is 0 Å². The third-order valence-electron chi connectivity index (χ3n) is 3.94. The zero-order valence-corrected chi connectivity index (χ0v) is 13.0. The molecule has 4 nitrogen and oxygen atoms in total. The van der Waals surface area contributed by atoms with E-state index in [2.05, 4.69) is 63.5 Å². The Labute approximate surface area is 140 Å². The van der Waals surface area contributed by atoms with E-state index < -0.39 is 0 Å². The van der Waals surface area contributed by atoms with Crippen LogP contribution in [0.25, 0.3) is 33.8 Å². The molecular formula is C20H16N4. The van der Waals surface area contributed by atoms with E-state index in [9.17, 15) is 0 Å². The van der Waals surface area contributed by atoms with Crippen LogP contribution in [0.4, 0.5) is 5.95 Å². The third-order valence-corrected chi connectivity index (χ3v) is 3.94. The molecular weight excluding hydrogens is 296 g/mol. The van der Waals surface area contributed by atoms with Crippen molar-refractivity contribution in [3.05, 3.63) is 79.0 Å². The molecule has 116 valence electrons. The molecule has 0 amide bonds. The summed E-state index contributed by atoms with van der Waals surface area (Å²) in [5.41, 5.74) is 12.0. The van der Waals surface area contributed by atoms with Crippen LogP contribution in [0, 0.1) is 0 Å². The fourth-order valence-corrected chi connectivity index (χ4v) is 2.81. The first kappa shape index (κ1) is 14.2.